The van der Waals surface area contributed by atoms with Gasteiger partial charge < -0.3 is 9.73 Å². The van der Waals surface area contributed by atoms with Gasteiger partial charge in [0, 0.05) is 0 Å². The van der Waals surface area contributed by atoms with Gasteiger partial charge in [0.25, 0.3) is 5.56 Å². The molecule has 7 nitrogen and oxygen atoms in total. The molecule has 1 amide bonds. The summed E-state index contributed by atoms with van der Waals surface area (Å²) >= 11 is 0. The normalized spacial score (nSPS) is 12.1. The first kappa shape index (κ1) is 20.4. The molecule has 0 aliphatic rings. The van der Waals surface area contributed by atoms with Gasteiger partial charge in [0.2, 0.25) is 5.91 Å². The van der Waals surface area contributed by atoms with E-state index < -0.39 is 17.3 Å². The second-order valence-corrected chi connectivity index (χ2v) is 7.37. The van der Waals surface area contributed by atoms with Crippen molar-refractivity contribution < 1.29 is 9.21 Å². The number of aryl methyl sites for hydroxylation is 1. The van der Waals surface area contributed by atoms with Crippen LogP contribution in [0.5, 0.6) is 0 Å². The lowest BCUT2D eigenvalue weighted by Gasteiger charge is -2.21. The highest BCUT2D eigenvalue weighted by Crippen LogP contribution is 2.18. The lowest BCUT2D eigenvalue weighted by molar-refractivity contribution is -0.124. The average molecular weight is 417 g/mol. The highest BCUT2D eigenvalue weighted by atomic mass is 16.3. The molecule has 4 aromatic rings. The van der Waals surface area contributed by atoms with Crippen LogP contribution in [0.3, 0.4) is 0 Å². The van der Waals surface area contributed by atoms with E-state index in [1.807, 2.05) is 19.9 Å². The van der Waals surface area contributed by atoms with E-state index in [2.05, 4.69) is 5.32 Å². The van der Waals surface area contributed by atoms with Gasteiger partial charge in [-0.25, -0.2) is 9.36 Å². The van der Waals surface area contributed by atoms with Crippen molar-refractivity contribution in [2.24, 2.45) is 0 Å². The number of amides is 1. The second kappa shape index (κ2) is 8.47. The zero-order chi connectivity index (χ0) is 22.0. The number of hydrogen-bond donors (Lipinski definition) is 1. The van der Waals surface area contributed by atoms with Crippen molar-refractivity contribution in [2.75, 3.05) is 0 Å². The van der Waals surface area contributed by atoms with E-state index in [1.165, 1.54) is 10.8 Å². The molecular formula is C24H23N3O4. The SMILES string of the molecule is CC[C@H](C(=O)NCc1ccco1)n1c(=O)n(-c2cccc(C)c2)c(=O)c2ccccc21. The summed E-state index contributed by atoms with van der Waals surface area (Å²) in [5.41, 5.74) is 0.871. The number of aromatic nitrogens is 2. The van der Waals surface area contributed by atoms with Crippen molar-refractivity contribution in [3.8, 4) is 5.69 Å². The molecule has 0 saturated carbocycles. The summed E-state index contributed by atoms with van der Waals surface area (Å²) in [6.07, 6.45) is 1.91. The number of hydrogen-bond acceptors (Lipinski definition) is 4. The lowest BCUT2D eigenvalue weighted by atomic mass is 10.1. The number of nitrogens with one attached hydrogen (secondary N) is 1. The highest BCUT2D eigenvalue weighted by Gasteiger charge is 2.25. The van der Waals surface area contributed by atoms with Crippen LogP contribution in [0.2, 0.25) is 0 Å². The minimum Gasteiger partial charge on any atom is -0.467 e. The minimum atomic E-state index is -0.788. The molecule has 1 N–H and O–H groups in total. The summed E-state index contributed by atoms with van der Waals surface area (Å²) in [5.74, 6) is 0.297. The third kappa shape index (κ3) is 3.82. The molecule has 0 aliphatic carbocycles. The Morgan fingerprint density at radius 2 is 1.87 bits per heavy atom. The third-order valence-electron chi connectivity index (χ3n) is 5.27. The van der Waals surface area contributed by atoms with Crippen LogP contribution >= 0.6 is 0 Å². The number of fused-ring (bicyclic) bond motifs is 1. The van der Waals surface area contributed by atoms with Crippen molar-refractivity contribution in [1.82, 2.24) is 14.5 Å². The Balaban J connectivity index is 1.88. The fourth-order valence-corrected chi connectivity index (χ4v) is 3.77. The van der Waals surface area contributed by atoms with E-state index in [-0.39, 0.29) is 12.5 Å². The van der Waals surface area contributed by atoms with Crippen LogP contribution in [0.25, 0.3) is 16.6 Å². The van der Waals surface area contributed by atoms with Gasteiger partial charge in [0.1, 0.15) is 11.8 Å². The van der Waals surface area contributed by atoms with E-state index in [0.29, 0.717) is 28.8 Å². The number of benzene rings is 2. The van der Waals surface area contributed by atoms with E-state index in [9.17, 15) is 14.4 Å². The summed E-state index contributed by atoms with van der Waals surface area (Å²) < 4.78 is 7.82. The van der Waals surface area contributed by atoms with E-state index >= 15 is 0 Å². The van der Waals surface area contributed by atoms with Crippen molar-refractivity contribution in [2.45, 2.75) is 32.9 Å². The zero-order valence-corrected chi connectivity index (χ0v) is 17.4. The number of para-hydroxylation sites is 1. The van der Waals surface area contributed by atoms with Crippen molar-refractivity contribution in [3.63, 3.8) is 0 Å². The Morgan fingerprint density at radius 1 is 1.06 bits per heavy atom. The fraction of sp³-hybridized carbons (Fsp3) is 0.208. The van der Waals surface area contributed by atoms with E-state index in [0.717, 1.165) is 10.1 Å². The lowest BCUT2D eigenvalue weighted by Crippen LogP contribution is -2.44. The molecule has 0 aliphatic heterocycles. The maximum absolute atomic E-state index is 13.6. The Kier molecular flexibility index (Phi) is 5.58. The molecule has 2 aromatic carbocycles. The van der Waals surface area contributed by atoms with Gasteiger partial charge in [-0.2, -0.15) is 0 Å². The number of carbonyl (C=O) groups is 1. The predicted molar refractivity (Wildman–Crippen MR) is 118 cm³/mol. The second-order valence-electron chi connectivity index (χ2n) is 7.37. The molecule has 2 heterocycles. The minimum absolute atomic E-state index is 0.215. The fourth-order valence-electron chi connectivity index (χ4n) is 3.77. The zero-order valence-electron chi connectivity index (χ0n) is 17.4. The van der Waals surface area contributed by atoms with Crippen molar-refractivity contribution in [1.29, 1.82) is 0 Å². The van der Waals surface area contributed by atoms with Gasteiger partial charge in [0.15, 0.2) is 0 Å². The molecule has 4 rings (SSSR count). The number of carbonyl (C=O) groups excluding carboxylic acids is 1. The third-order valence-corrected chi connectivity index (χ3v) is 5.27. The number of furan rings is 1. The molecule has 0 spiro atoms. The van der Waals surface area contributed by atoms with Crippen molar-refractivity contribution >= 4 is 16.8 Å². The molecule has 1 atom stereocenters. The van der Waals surface area contributed by atoms with Crippen molar-refractivity contribution in [3.05, 3.63) is 99.1 Å². The largest absolute Gasteiger partial charge is 0.467 e. The van der Waals surface area contributed by atoms with Crippen LogP contribution in [0.1, 0.15) is 30.7 Å². The van der Waals surface area contributed by atoms with Crippen LogP contribution in [-0.4, -0.2) is 15.0 Å². The van der Waals surface area contributed by atoms with Gasteiger partial charge in [-0.05, 0) is 55.3 Å². The molecular weight excluding hydrogens is 394 g/mol. The summed E-state index contributed by atoms with van der Waals surface area (Å²) in [6.45, 7) is 3.94. The monoisotopic (exact) mass is 417 g/mol. The summed E-state index contributed by atoms with van der Waals surface area (Å²) in [6, 6.07) is 16.8. The molecule has 31 heavy (non-hydrogen) atoms. The first-order valence-electron chi connectivity index (χ1n) is 10.1. The Bertz CT molecular complexity index is 1350. The summed E-state index contributed by atoms with van der Waals surface area (Å²) in [5, 5.41) is 3.21. The van der Waals surface area contributed by atoms with Gasteiger partial charge in [0.05, 0.1) is 29.4 Å². The van der Waals surface area contributed by atoms with Crippen LogP contribution in [-0.2, 0) is 11.3 Å². The Labute approximate surface area is 178 Å². The van der Waals surface area contributed by atoms with Gasteiger partial charge in [-0.1, -0.05) is 31.2 Å². The van der Waals surface area contributed by atoms with Crippen LogP contribution in [0.4, 0.5) is 0 Å². The molecule has 0 unspecified atom stereocenters. The van der Waals surface area contributed by atoms with Gasteiger partial charge in [-0.3, -0.25) is 14.2 Å². The predicted octanol–water partition coefficient (Wildman–Crippen LogP) is 3.32. The van der Waals surface area contributed by atoms with Gasteiger partial charge in [-0.15, -0.1) is 0 Å². The average Bonchev–Trinajstić information content (AvgIpc) is 3.29. The summed E-state index contributed by atoms with van der Waals surface area (Å²) in [4.78, 5) is 39.8. The molecule has 7 heteroatoms. The van der Waals surface area contributed by atoms with E-state index in [4.69, 9.17) is 4.42 Å². The number of rotatable bonds is 6. The number of nitrogens with zero attached hydrogens (tertiary/aromatic N) is 2. The maximum Gasteiger partial charge on any atom is 0.336 e. The van der Waals surface area contributed by atoms with Crippen LogP contribution in [0.15, 0.2) is 80.9 Å². The summed E-state index contributed by atoms with van der Waals surface area (Å²) in [7, 11) is 0. The Morgan fingerprint density at radius 3 is 2.58 bits per heavy atom. The molecule has 2 aromatic heterocycles. The topological polar surface area (TPSA) is 86.2 Å². The molecule has 0 fully saturated rings. The first-order valence-corrected chi connectivity index (χ1v) is 10.1. The van der Waals surface area contributed by atoms with E-state index in [1.54, 1.807) is 54.6 Å². The quantitative estimate of drug-likeness (QED) is 0.521. The van der Waals surface area contributed by atoms with Crippen LogP contribution < -0.4 is 16.6 Å². The first-order chi connectivity index (χ1) is 15.0. The highest BCUT2D eigenvalue weighted by molar-refractivity contribution is 5.84. The molecule has 0 saturated heterocycles. The molecule has 0 bridgehead atoms. The van der Waals surface area contributed by atoms with Gasteiger partial charge >= 0.3 is 5.69 Å². The molecule has 0 radical (unpaired) electrons. The standard InChI is InChI=1S/C24H23N3O4/c1-3-20(22(28)25-15-18-10-7-13-31-18)27-21-12-5-4-11-19(21)23(29)26(24(27)30)17-9-6-8-16(2)14-17/h4-14,20H,3,15H2,1-2H3,(H,25,28)/t20-/m1/s1. The molecule has 158 valence electrons. The van der Waals surface area contributed by atoms with Crippen LogP contribution in [0, 0.1) is 6.92 Å². The smallest absolute Gasteiger partial charge is 0.336 e. The Hall–Kier alpha value is -3.87. The maximum atomic E-state index is 13.6.